The second-order valence-electron chi connectivity index (χ2n) is 7.56. The van der Waals surface area contributed by atoms with Crippen LogP contribution in [0.1, 0.15) is 24.8 Å². The Balaban J connectivity index is 1.34. The molecule has 3 aliphatic rings. The Morgan fingerprint density at radius 3 is 2.64 bits per heavy atom. The van der Waals surface area contributed by atoms with Gasteiger partial charge in [-0.15, -0.1) is 0 Å². The predicted molar refractivity (Wildman–Crippen MR) is 95.4 cm³/mol. The number of morpholine rings is 1. The average molecular weight is 344 g/mol. The maximum absolute atomic E-state index is 12.7. The highest BCUT2D eigenvalue weighted by atomic mass is 16.5. The van der Waals surface area contributed by atoms with Crippen molar-refractivity contribution in [3.05, 3.63) is 35.9 Å². The van der Waals surface area contributed by atoms with Gasteiger partial charge in [-0.2, -0.15) is 0 Å². The molecule has 3 heterocycles. The van der Waals surface area contributed by atoms with Crippen molar-refractivity contribution in [1.29, 1.82) is 0 Å². The summed E-state index contributed by atoms with van der Waals surface area (Å²) in [5.74, 6) is 0.223. The number of carbonyl (C=O) groups is 1. The quantitative estimate of drug-likeness (QED) is 0.837. The van der Waals surface area contributed by atoms with E-state index in [1.807, 2.05) is 35.2 Å². The Kier molecular flexibility index (Phi) is 5.06. The topological polar surface area (TPSA) is 42.0 Å². The number of carbonyl (C=O) groups excluding carboxylic acids is 1. The average Bonchev–Trinajstić information content (AvgIpc) is 3.18. The molecule has 1 atom stereocenters. The lowest BCUT2D eigenvalue weighted by molar-refractivity contribution is -0.160. The minimum atomic E-state index is -0.138. The van der Waals surface area contributed by atoms with E-state index in [0.717, 1.165) is 57.7 Å². The first-order valence-electron chi connectivity index (χ1n) is 9.52. The molecule has 0 bridgehead atoms. The van der Waals surface area contributed by atoms with Gasteiger partial charge in [0.25, 0.3) is 0 Å². The summed E-state index contributed by atoms with van der Waals surface area (Å²) in [5, 5.41) is 0. The van der Waals surface area contributed by atoms with Crippen molar-refractivity contribution in [2.75, 3.05) is 46.0 Å². The van der Waals surface area contributed by atoms with Crippen LogP contribution in [-0.4, -0.2) is 73.3 Å². The maximum atomic E-state index is 12.7. The molecule has 5 heteroatoms. The van der Waals surface area contributed by atoms with E-state index in [0.29, 0.717) is 25.6 Å². The van der Waals surface area contributed by atoms with Crippen LogP contribution in [0.5, 0.6) is 0 Å². The molecule has 136 valence electrons. The first-order valence-corrected chi connectivity index (χ1v) is 9.52. The molecule has 1 amide bonds. The van der Waals surface area contributed by atoms with E-state index < -0.39 is 0 Å². The highest BCUT2D eigenvalue weighted by Crippen LogP contribution is 2.32. The van der Waals surface area contributed by atoms with Gasteiger partial charge in [-0.3, -0.25) is 9.69 Å². The third-order valence-corrected chi connectivity index (χ3v) is 5.93. The Labute approximate surface area is 149 Å². The molecule has 5 nitrogen and oxygen atoms in total. The van der Waals surface area contributed by atoms with Crippen molar-refractivity contribution in [3.8, 4) is 0 Å². The molecular formula is C20H28N2O3. The molecule has 25 heavy (non-hydrogen) atoms. The zero-order valence-corrected chi connectivity index (χ0v) is 14.9. The van der Waals surface area contributed by atoms with Crippen LogP contribution in [0, 0.1) is 0 Å². The molecule has 0 saturated carbocycles. The summed E-state index contributed by atoms with van der Waals surface area (Å²) in [6.45, 7) is 5.98. The van der Waals surface area contributed by atoms with E-state index in [9.17, 15) is 4.79 Å². The Morgan fingerprint density at radius 2 is 1.92 bits per heavy atom. The number of amides is 1. The largest absolute Gasteiger partial charge is 0.380 e. The van der Waals surface area contributed by atoms with Crippen LogP contribution in [0.25, 0.3) is 0 Å². The smallest absolute Gasteiger partial charge is 0.227 e. The van der Waals surface area contributed by atoms with Gasteiger partial charge in [0.2, 0.25) is 5.91 Å². The Hall–Kier alpha value is -1.43. The molecule has 4 rings (SSSR count). The van der Waals surface area contributed by atoms with Gasteiger partial charge in [0.15, 0.2) is 0 Å². The van der Waals surface area contributed by atoms with Crippen LogP contribution < -0.4 is 0 Å². The van der Waals surface area contributed by atoms with Crippen molar-refractivity contribution in [2.45, 2.75) is 37.3 Å². The summed E-state index contributed by atoms with van der Waals surface area (Å²) in [6, 6.07) is 10.6. The summed E-state index contributed by atoms with van der Waals surface area (Å²) in [4.78, 5) is 17.3. The lowest BCUT2D eigenvalue weighted by atomic mass is 9.88. The Bertz CT molecular complexity index is 578. The van der Waals surface area contributed by atoms with E-state index in [1.165, 1.54) is 0 Å². The molecular weight excluding hydrogens is 316 g/mol. The molecule has 0 unspecified atom stereocenters. The third-order valence-electron chi connectivity index (χ3n) is 5.93. The standard InChI is InChI=1S/C20H28N2O3/c23-19(14-17-4-2-1-3-5-17)22-11-13-25-20(16-22)7-9-21(10-8-20)18-6-12-24-15-18/h1-5,18H,6-16H2/t18-/m0/s1. The molecule has 1 aromatic carbocycles. The van der Waals surface area contributed by atoms with E-state index in [1.54, 1.807) is 0 Å². The normalized spacial score (nSPS) is 26.9. The summed E-state index contributed by atoms with van der Waals surface area (Å²) in [6.07, 6.45) is 3.66. The Morgan fingerprint density at radius 1 is 1.12 bits per heavy atom. The first-order chi connectivity index (χ1) is 12.2. The molecule has 3 fully saturated rings. The van der Waals surface area contributed by atoms with E-state index in [-0.39, 0.29) is 11.5 Å². The fourth-order valence-corrected chi connectivity index (χ4v) is 4.35. The van der Waals surface area contributed by atoms with Crippen LogP contribution in [-0.2, 0) is 20.7 Å². The molecule has 0 N–H and O–H groups in total. The van der Waals surface area contributed by atoms with Gasteiger partial charge < -0.3 is 14.4 Å². The number of rotatable bonds is 3. The number of nitrogens with zero attached hydrogens (tertiary/aromatic N) is 2. The third kappa shape index (κ3) is 3.89. The van der Waals surface area contributed by atoms with Gasteiger partial charge in [-0.05, 0) is 24.8 Å². The number of ether oxygens (including phenoxy) is 2. The van der Waals surface area contributed by atoms with Gasteiger partial charge in [-0.25, -0.2) is 0 Å². The SMILES string of the molecule is O=C(Cc1ccccc1)N1CCOC2(CCN([C@H]3CCOC3)CC2)C1. The van der Waals surface area contributed by atoms with Gasteiger partial charge in [-0.1, -0.05) is 30.3 Å². The van der Waals surface area contributed by atoms with Gasteiger partial charge in [0.1, 0.15) is 0 Å². The molecule has 0 aliphatic carbocycles. The van der Waals surface area contributed by atoms with Crippen molar-refractivity contribution in [2.24, 2.45) is 0 Å². The summed E-state index contributed by atoms with van der Waals surface area (Å²) >= 11 is 0. The van der Waals surface area contributed by atoms with Crippen LogP contribution in [0.2, 0.25) is 0 Å². The minimum absolute atomic E-state index is 0.138. The summed E-state index contributed by atoms with van der Waals surface area (Å²) in [7, 11) is 0. The van der Waals surface area contributed by atoms with E-state index >= 15 is 0 Å². The van der Waals surface area contributed by atoms with Gasteiger partial charge >= 0.3 is 0 Å². The first kappa shape index (κ1) is 17.0. The number of likely N-dealkylation sites (tertiary alicyclic amines) is 1. The second-order valence-corrected chi connectivity index (χ2v) is 7.56. The fraction of sp³-hybridized carbons (Fsp3) is 0.650. The number of hydrogen-bond donors (Lipinski definition) is 0. The van der Waals surface area contributed by atoms with Crippen LogP contribution in [0.3, 0.4) is 0 Å². The zero-order chi connectivity index (χ0) is 17.1. The highest BCUT2D eigenvalue weighted by Gasteiger charge is 2.42. The van der Waals surface area contributed by atoms with Crippen molar-refractivity contribution < 1.29 is 14.3 Å². The molecule has 0 aromatic heterocycles. The number of hydrogen-bond acceptors (Lipinski definition) is 4. The fourth-order valence-electron chi connectivity index (χ4n) is 4.35. The van der Waals surface area contributed by atoms with E-state index in [2.05, 4.69) is 4.90 Å². The second kappa shape index (κ2) is 7.44. The van der Waals surface area contributed by atoms with Gasteiger partial charge in [0, 0.05) is 38.8 Å². The molecule has 3 saturated heterocycles. The number of benzene rings is 1. The number of piperidine rings is 1. The highest BCUT2D eigenvalue weighted by molar-refractivity contribution is 5.79. The van der Waals surface area contributed by atoms with Crippen molar-refractivity contribution >= 4 is 5.91 Å². The van der Waals surface area contributed by atoms with E-state index in [4.69, 9.17) is 9.47 Å². The molecule has 1 spiro atoms. The lowest BCUT2D eigenvalue weighted by Crippen LogP contribution is -2.59. The van der Waals surface area contributed by atoms with Crippen LogP contribution in [0.4, 0.5) is 0 Å². The van der Waals surface area contributed by atoms with Crippen LogP contribution in [0.15, 0.2) is 30.3 Å². The monoisotopic (exact) mass is 344 g/mol. The zero-order valence-electron chi connectivity index (χ0n) is 14.9. The van der Waals surface area contributed by atoms with Crippen molar-refractivity contribution in [1.82, 2.24) is 9.80 Å². The molecule has 3 aliphatic heterocycles. The van der Waals surface area contributed by atoms with Gasteiger partial charge in [0.05, 0.1) is 25.2 Å². The predicted octanol–water partition coefficient (Wildman–Crippen LogP) is 1.71. The lowest BCUT2D eigenvalue weighted by Gasteiger charge is -2.48. The molecule has 1 aromatic rings. The van der Waals surface area contributed by atoms with Crippen molar-refractivity contribution in [3.63, 3.8) is 0 Å². The summed E-state index contributed by atoms with van der Waals surface area (Å²) < 4.78 is 11.7. The maximum Gasteiger partial charge on any atom is 0.227 e. The molecule has 0 radical (unpaired) electrons. The van der Waals surface area contributed by atoms with Crippen LogP contribution >= 0.6 is 0 Å². The minimum Gasteiger partial charge on any atom is -0.380 e. The summed E-state index contributed by atoms with van der Waals surface area (Å²) in [5.41, 5.74) is 0.949.